The number of nitroso groups, excluding NO2 is 1. The quantitative estimate of drug-likeness (QED) is 0.0732. The molecule has 0 bridgehead atoms. The smallest absolute Gasteiger partial charge is 0.213 e. The first-order chi connectivity index (χ1) is 15.5. The summed E-state index contributed by atoms with van der Waals surface area (Å²) in [5.41, 5.74) is 0. The summed E-state index contributed by atoms with van der Waals surface area (Å²) < 4.78 is 5.17. The molecule has 0 aromatic heterocycles. The third-order valence-electron chi connectivity index (χ3n) is 5.24. The summed E-state index contributed by atoms with van der Waals surface area (Å²) in [4.78, 5) is 8.56. The van der Waals surface area contributed by atoms with Crippen LogP contribution >= 0.6 is 0 Å². The van der Waals surface area contributed by atoms with Crippen LogP contribution in [0.15, 0.2) is 17.0 Å². The Morgan fingerprint density at radius 3 is 1.69 bits per heavy atom. The third kappa shape index (κ3) is 31.2. The Hall–Kier alpha value is -1.02. The predicted octanol–water partition coefficient (Wildman–Crippen LogP) is 6.25. The van der Waals surface area contributed by atoms with E-state index in [2.05, 4.69) is 19.0 Å². The van der Waals surface area contributed by atoms with Crippen molar-refractivity contribution in [3.8, 4) is 0 Å². The molecule has 7 heteroatoms. The van der Waals surface area contributed by atoms with Crippen LogP contribution in [0.3, 0.4) is 0 Å². The van der Waals surface area contributed by atoms with Crippen LogP contribution in [0.2, 0.25) is 0 Å². The predicted molar refractivity (Wildman–Crippen MR) is 134 cm³/mol. The van der Waals surface area contributed by atoms with Gasteiger partial charge in [-0.1, -0.05) is 109 Å². The molecular formula is C25H53NO6. The molecule has 0 heterocycles. The molecule has 0 fully saturated rings. The van der Waals surface area contributed by atoms with Crippen molar-refractivity contribution in [2.24, 2.45) is 11.1 Å². The van der Waals surface area contributed by atoms with Gasteiger partial charge < -0.3 is 25.2 Å². The highest BCUT2D eigenvalue weighted by Crippen LogP contribution is 2.16. The van der Waals surface area contributed by atoms with Crippen LogP contribution in [0.1, 0.15) is 110 Å². The zero-order valence-corrected chi connectivity index (χ0v) is 21.3. The SMILES string of the molecule is CCCCCCCCCCCCCCCC(C)CCOC(O)/C(O)=C/CO.CN=O.CO. The van der Waals surface area contributed by atoms with Crippen molar-refractivity contribution < 1.29 is 25.2 Å². The second kappa shape index (κ2) is 32.2. The number of aliphatic hydroxyl groups excluding tert-OH is 4. The van der Waals surface area contributed by atoms with Crippen LogP contribution in [0.25, 0.3) is 0 Å². The number of hydrogen-bond donors (Lipinski definition) is 4. The third-order valence-corrected chi connectivity index (χ3v) is 5.24. The van der Waals surface area contributed by atoms with Gasteiger partial charge in [-0.05, 0) is 18.4 Å². The normalized spacial score (nSPS) is 12.8. The minimum absolute atomic E-state index is 0.304. The molecule has 0 amide bonds. The van der Waals surface area contributed by atoms with Gasteiger partial charge >= 0.3 is 0 Å². The fourth-order valence-electron chi connectivity index (χ4n) is 3.32. The Kier molecular flexibility index (Phi) is 35.7. The fourth-order valence-corrected chi connectivity index (χ4v) is 3.32. The highest BCUT2D eigenvalue weighted by atomic mass is 16.6. The lowest BCUT2D eigenvalue weighted by atomic mass is 9.99. The maximum atomic E-state index is 9.51. The number of nitrogens with zero attached hydrogens (tertiary/aromatic N) is 1. The summed E-state index contributed by atoms with van der Waals surface area (Å²) >= 11 is 0. The zero-order chi connectivity index (χ0) is 24.9. The van der Waals surface area contributed by atoms with Gasteiger partial charge in [0.25, 0.3) is 0 Å². The lowest BCUT2D eigenvalue weighted by Crippen LogP contribution is -2.17. The molecule has 0 radical (unpaired) electrons. The zero-order valence-electron chi connectivity index (χ0n) is 21.3. The van der Waals surface area contributed by atoms with Crippen molar-refractivity contribution >= 4 is 0 Å². The highest BCUT2D eigenvalue weighted by molar-refractivity contribution is 4.93. The molecule has 0 saturated heterocycles. The molecule has 4 N–H and O–H groups in total. The molecule has 0 aromatic carbocycles. The van der Waals surface area contributed by atoms with Crippen LogP contribution in [0, 0.1) is 10.8 Å². The van der Waals surface area contributed by atoms with E-state index in [1.165, 1.54) is 96.9 Å². The molecule has 0 aromatic rings. The largest absolute Gasteiger partial charge is 0.507 e. The minimum Gasteiger partial charge on any atom is -0.507 e. The van der Waals surface area contributed by atoms with Gasteiger partial charge in [-0.25, -0.2) is 0 Å². The lowest BCUT2D eigenvalue weighted by molar-refractivity contribution is -0.0968. The Morgan fingerprint density at radius 1 is 0.875 bits per heavy atom. The summed E-state index contributed by atoms with van der Waals surface area (Å²) in [7, 11) is 2.19. The van der Waals surface area contributed by atoms with Crippen molar-refractivity contribution in [2.45, 2.75) is 116 Å². The Morgan fingerprint density at radius 2 is 1.28 bits per heavy atom. The van der Waals surface area contributed by atoms with Gasteiger partial charge in [0.05, 0.1) is 20.3 Å². The van der Waals surface area contributed by atoms with Crippen molar-refractivity contribution in [3.05, 3.63) is 16.7 Å². The van der Waals surface area contributed by atoms with Gasteiger partial charge in [0.15, 0.2) is 0 Å². The molecule has 2 atom stereocenters. The second-order valence-corrected chi connectivity index (χ2v) is 8.14. The summed E-state index contributed by atoms with van der Waals surface area (Å²) in [5, 5.41) is 36.7. The van der Waals surface area contributed by atoms with Crippen molar-refractivity contribution in [1.29, 1.82) is 0 Å². The van der Waals surface area contributed by atoms with E-state index in [0.717, 1.165) is 19.6 Å². The van der Waals surface area contributed by atoms with Crippen LogP contribution in [-0.4, -0.2) is 54.1 Å². The molecule has 7 nitrogen and oxygen atoms in total. The van der Waals surface area contributed by atoms with Crippen molar-refractivity contribution in [3.63, 3.8) is 0 Å². The van der Waals surface area contributed by atoms with E-state index in [4.69, 9.17) is 19.9 Å². The van der Waals surface area contributed by atoms with Crippen molar-refractivity contribution in [2.75, 3.05) is 27.4 Å². The fraction of sp³-hybridized carbons (Fsp3) is 0.920. The number of ether oxygens (including phenoxy) is 1. The van der Waals surface area contributed by atoms with Crippen LogP contribution in [0.4, 0.5) is 0 Å². The van der Waals surface area contributed by atoms with Gasteiger partial charge in [0, 0.05) is 7.11 Å². The molecule has 0 rings (SSSR count). The highest BCUT2D eigenvalue weighted by Gasteiger charge is 2.10. The molecule has 0 saturated carbocycles. The van der Waals surface area contributed by atoms with Gasteiger partial charge in [-0.3, -0.25) is 0 Å². The van der Waals surface area contributed by atoms with E-state index in [1.807, 2.05) is 0 Å². The molecular weight excluding hydrogens is 410 g/mol. The molecule has 32 heavy (non-hydrogen) atoms. The summed E-state index contributed by atoms with van der Waals surface area (Å²) in [6.07, 6.45) is 19.8. The average Bonchev–Trinajstić information content (AvgIpc) is 2.79. The monoisotopic (exact) mass is 463 g/mol. The minimum atomic E-state index is -1.32. The lowest BCUT2D eigenvalue weighted by Gasteiger charge is -2.14. The van der Waals surface area contributed by atoms with Gasteiger partial charge in [-0.2, -0.15) is 4.91 Å². The van der Waals surface area contributed by atoms with Crippen LogP contribution in [-0.2, 0) is 4.74 Å². The van der Waals surface area contributed by atoms with E-state index < -0.39 is 6.29 Å². The Balaban J connectivity index is -0.00000154. The molecule has 0 aliphatic heterocycles. The average molecular weight is 464 g/mol. The van der Waals surface area contributed by atoms with E-state index in [9.17, 15) is 10.2 Å². The van der Waals surface area contributed by atoms with Gasteiger partial charge in [0.2, 0.25) is 6.29 Å². The Labute approximate surface area is 197 Å². The maximum absolute atomic E-state index is 9.51. The summed E-state index contributed by atoms with van der Waals surface area (Å²) in [5.74, 6) is 0.246. The van der Waals surface area contributed by atoms with Crippen LogP contribution in [0.5, 0.6) is 0 Å². The van der Waals surface area contributed by atoms with Crippen molar-refractivity contribution in [1.82, 2.24) is 0 Å². The number of rotatable bonds is 20. The molecule has 194 valence electrons. The first kappa shape index (κ1) is 35.6. The summed E-state index contributed by atoms with van der Waals surface area (Å²) in [6.45, 7) is 4.60. The number of aliphatic hydroxyl groups is 4. The second-order valence-electron chi connectivity index (χ2n) is 8.14. The van der Waals surface area contributed by atoms with Gasteiger partial charge in [-0.15, -0.1) is 0 Å². The van der Waals surface area contributed by atoms with E-state index >= 15 is 0 Å². The molecule has 0 aliphatic rings. The maximum Gasteiger partial charge on any atom is 0.213 e. The molecule has 0 spiro atoms. The number of unbranched alkanes of at least 4 members (excludes halogenated alkanes) is 12. The first-order valence-electron chi connectivity index (χ1n) is 12.5. The number of hydrogen-bond acceptors (Lipinski definition) is 7. The summed E-state index contributed by atoms with van der Waals surface area (Å²) in [6, 6.07) is 0. The van der Waals surface area contributed by atoms with E-state index in [-0.39, 0.29) is 12.4 Å². The first-order valence-corrected chi connectivity index (χ1v) is 12.5. The van der Waals surface area contributed by atoms with E-state index in [1.54, 1.807) is 0 Å². The standard InChI is InChI=1S/C23H46O4.CH3NO.CH4O/c1-3-4-5-6-7-8-9-10-11-12-13-14-15-16-21(2)18-20-27-23(26)22(25)17-19-24;1-2-3;1-2/h17,21,23-26H,3-16,18-20H2,1-2H3;1H3;2H,1H3/b22-17-;;. The van der Waals surface area contributed by atoms with Crippen LogP contribution < -0.4 is 0 Å². The molecule has 2 unspecified atom stereocenters. The van der Waals surface area contributed by atoms with E-state index in [0.29, 0.717) is 12.5 Å². The molecule has 0 aliphatic carbocycles. The van der Waals surface area contributed by atoms with Gasteiger partial charge in [0.1, 0.15) is 5.76 Å². The topological polar surface area (TPSA) is 120 Å². The Bertz CT molecular complexity index is 379.